The zero-order valence-electron chi connectivity index (χ0n) is 52.2. The monoisotopic (exact) mass is 1120 g/mol. The molecule has 0 aliphatic rings. The fourth-order valence-electron chi connectivity index (χ4n) is 8.69. The van der Waals surface area contributed by atoms with Gasteiger partial charge in [-0.3, -0.25) is 14.4 Å². The highest BCUT2D eigenvalue weighted by atomic mass is 16.6. The Hall–Kier alpha value is -4.97. The van der Waals surface area contributed by atoms with Gasteiger partial charge in [0, 0.05) is 19.3 Å². The summed E-state index contributed by atoms with van der Waals surface area (Å²) in [5.41, 5.74) is 0. The zero-order valence-corrected chi connectivity index (χ0v) is 52.2. The van der Waals surface area contributed by atoms with Crippen molar-refractivity contribution in [3.8, 4) is 0 Å². The Morgan fingerprint density at radius 2 is 0.444 bits per heavy atom. The maximum absolute atomic E-state index is 12.9. The number of esters is 3. The van der Waals surface area contributed by atoms with Crippen LogP contribution in [0.1, 0.15) is 278 Å². The SMILES string of the molecule is CC/C=C\C/C=C\C/C=C\C/C=C\C/C=C\CCCCCC(=O)OC(COC(=O)CCCCCCCC/C=C\C/C=C\C/C=C\C/C=C\CC)COC(=O)CCCCCCCCCCCCCC/C=C\C/C=C\C/C=C\C/C=C\CC. The van der Waals surface area contributed by atoms with Gasteiger partial charge in [0.05, 0.1) is 0 Å². The number of ether oxygens (including phenoxy) is 3. The summed E-state index contributed by atoms with van der Waals surface area (Å²) in [5, 5.41) is 0. The molecule has 0 rings (SSSR count). The first-order valence-electron chi connectivity index (χ1n) is 33.0. The summed E-state index contributed by atoms with van der Waals surface area (Å²) in [6.07, 6.45) is 98.2. The lowest BCUT2D eigenvalue weighted by molar-refractivity contribution is -0.167. The number of allylic oxidation sites excluding steroid dienone is 26. The maximum atomic E-state index is 12.9. The average molecular weight is 1120 g/mol. The van der Waals surface area contributed by atoms with Crippen LogP contribution in [0.3, 0.4) is 0 Å². The van der Waals surface area contributed by atoms with Crippen molar-refractivity contribution >= 4 is 17.9 Å². The normalized spacial score (nSPS) is 13.2. The summed E-state index contributed by atoms with van der Waals surface area (Å²) in [5.74, 6) is -0.951. The van der Waals surface area contributed by atoms with Gasteiger partial charge in [-0.25, -0.2) is 0 Å². The first kappa shape index (κ1) is 76.0. The fraction of sp³-hybridized carbons (Fsp3) is 0.613. The molecule has 0 amide bonds. The van der Waals surface area contributed by atoms with Crippen molar-refractivity contribution in [2.75, 3.05) is 13.2 Å². The fourth-order valence-corrected chi connectivity index (χ4v) is 8.69. The van der Waals surface area contributed by atoms with E-state index < -0.39 is 6.10 Å². The molecule has 0 saturated heterocycles. The number of hydrogen-bond acceptors (Lipinski definition) is 6. The van der Waals surface area contributed by atoms with Gasteiger partial charge in [-0.1, -0.05) is 275 Å². The molecule has 0 aromatic rings. The van der Waals surface area contributed by atoms with Crippen molar-refractivity contribution in [2.45, 2.75) is 284 Å². The van der Waals surface area contributed by atoms with Gasteiger partial charge in [-0.2, -0.15) is 0 Å². The van der Waals surface area contributed by atoms with Gasteiger partial charge in [-0.05, 0) is 141 Å². The van der Waals surface area contributed by atoms with Crippen LogP contribution in [0.2, 0.25) is 0 Å². The van der Waals surface area contributed by atoms with Gasteiger partial charge in [0.25, 0.3) is 0 Å². The summed E-state index contributed by atoms with van der Waals surface area (Å²) >= 11 is 0. The van der Waals surface area contributed by atoms with Crippen LogP contribution >= 0.6 is 0 Å². The predicted molar refractivity (Wildman–Crippen MR) is 352 cm³/mol. The van der Waals surface area contributed by atoms with Crippen LogP contribution in [-0.4, -0.2) is 37.2 Å². The second-order valence-electron chi connectivity index (χ2n) is 21.2. The third kappa shape index (κ3) is 65.7. The standard InChI is InChI=1S/C75H120O6/c1-4-7-10-13-16-19-22-25-28-31-34-35-36-37-38-39-42-44-47-50-53-56-59-62-65-68-74(77)80-71-72(81-75(78)69-66-63-60-57-54-51-48-45-41-33-30-27-24-21-18-15-12-9-6-3)70-79-73(76)67-64-61-58-55-52-49-46-43-40-32-29-26-23-20-17-14-11-8-5-2/h7-12,16-21,25-30,34-35,40-41,43,45,51,54,72H,4-6,13-15,22-24,31-33,36-39,42,44,46-50,52-53,55-71H2,1-3H3/b10-7-,11-8-,12-9-,19-16-,20-17-,21-18-,28-25-,29-26-,30-27-,35-34-,43-40-,45-41-,54-51-. The molecule has 0 aromatic carbocycles. The zero-order chi connectivity index (χ0) is 58.5. The van der Waals surface area contributed by atoms with Crippen LogP contribution < -0.4 is 0 Å². The van der Waals surface area contributed by atoms with Crippen molar-refractivity contribution in [1.29, 1.82) is 0 Å². The highest BCUT2D eigenvalue weighted by Crippen LogP contribution is 2.15. The molecule has 0 N–H and O–H groups in total. The average Bonchev–Trinajstić information content (AvgIpc) is 3.47. The quantitative estimate of drug-likeness (QED) is 0.0261. The Kier molecular flexibility index (Phi) is 63.4. The highest BCUT2D eigenvalue weighted by molar-refractivity contribution is 5.71. The van der Waals surface area contributed by atoms with E-state index in [9.17, 15) is 14.4 Å². The van der Waals surface area contributed by atoms with Gasteiger partial charge >= 0.3 is 17.9 Å². The Bertz CT molecular complexity index is 1810. The summed E-state index contributed by atoms with van der Waals surface area (Å²) in [4.78, 5) is 38.4. The molecule has 0 radical (unpaired) electrons. The molecule has 0 heterocycles. The molecule has 0 saturated carbocycles. The Morgan fingerprint density at radius 1 is 0.247 bits per heavy atom. The van der Waals surface area contributed by atoms with E-state index in [1.807, 2.05) is 0 Å². The third-order valence-electron chi connectivity index (χ3n) is 13.5. The van der Waals surface area contributed by atoms with Crippen molar-refractivity contribution < 1.29 is 28.6 Å². The van der Waals surface area contributed by atoms with Gasteiger partial charge in [0.2, 0.25) is 0 Å². The summed E-state index contributed by atoms with van der Waals surface area (Å²) in [7, 11) is 0. The number of rotatable bonds is 58. The highest BCUT2D eigenvalue weighted by Gasteiger charge is 2.19. The van der Waals surface area contributed by atoms with Crippen LogP contribution in [0.25, 0.3) is 0 Å². The minimum atomic E-state index is -0.812. The number of carbonyl (C=O) groups excluding carboxylic acids is 3. The first-order chi connectivity index (χ1) is 40.0. The summed E-state index contributed by atoms with van der Waals surface area (Å²) in [6.45, 7) is 6.27. The molecule has 0 aromatic heterocycles. The molecule has 0 bridgehead atoms. The number of hydrogen-bond donors (Lipinski definition) is 0. The van der Waals surface area contributed by atoms with Gasteiger partial charge in [0.15, 0.2) is 6.10 Å². The lowest BCUT2D eigenvalue weighted by Crippen LogP contribution is -2.30. The van der Waals surface area contributed by atoms with Crippen LogP contribution in [0.4, 0.5) is 0 Å². The van der Waals surface area contributed by atoms with Crippen LogP contribution in [0, 0.1) is 0 Å². The maximum Gasteiger partial charge on any atom is 0.306 e. The smallest absolute Gasteiger partial charge is 0.306 e. The molecule has 0 aliphatic carbocycles. The van der Waals surface area contributed by atoms with E-state index in [0.717, 1.165) is 154 Å². The number of carbonyl (C=O) groups is 3. The molecular formula is C75H120O6. The van der Waals surface area contributed by atoms with Crippen molar-refractivity contribution in [3.05, 3.63) is 158 Å². The lowest BCUT2D eigenvalue weighted by atomic mass is 10.0. The summed E-state index contributed by atoms with van der Waals surface area (Å²) in [6, 6.07) is 0. The predicted octanol–water partition coefficient (Wildman–Crippen LogP) is 22.9. The largest absolute Gasteiger partial charge is 0.462 e. The topological polar surface area (TPSA) is 78.9 Å². The van der Waals surface area contributed by atoms with E-state index in [1.54, 1.807) is 0 Å². The van der Waals surface area contributed by atoms with E-state index >= 15 is 0 Å². The van der Waals surface area contributed by atoms with E-state index in [4.69, 9.17) is 14.2 Å². The Balaban J connectivity index is 4.46. The second kappa shape index (κ2) is 67.5. The molecule has 0 spiro atoms. The Morgan fingerprint density at radius 3 is 0.704 bits per heavy atom. The second-order valence-corrected chi connectivity index (χ2v) is 21.2. The molecule has 1 unspecified atom stereocenters. The van der Waals surface area contributed by atoms with Crippen LogP contribution in [-0.2, 0) is 28.6 Å². The summed E-state index contributed by atoms with van der Waals surface area (Å²) < 4.78 is 16.9. The third-order valence-corrected chi connectivity index (χ3v) is 13.5. The first-order valence-corrected chi connectivity index (χ1v) is 33.0. The molecule has 81 heavy (non-hydrogen) atoms. The van der Waals surface area contributed by atoms with Gasteiger partial charge < -0.3 is 14.2 Å². The van der Waals surface area contributed by atoms with E-state index in [0.29, 0.717) is 19.3 Å². The van der Waals surface area contributed by atoms with E-state index in [1.165, 1.54) is 77.0 Å². The van der Waals surface area contributed by atoms with E-state index in [2.05, 4.69) is 179 Å². The van der Waals surface area contributed by atoms with Crippen LogP contribution in [0.15, 0.2) is 158 Å². The minimum Gasteiger partial charge on any atom is -0.462 e. The molecule has 1 atom stereocenters. The minimum absolute atomic E-state index is 0.103. The molecule has 6 nitrogen and oxygen atoms in total. The molecule has 6 heteroatoms. The lowest BCUT2D eigenvalue weighted by Gasteiger charge is -2.18. The molecular weight excluding hydrogens is 997 g/mol. The van der Waals surface area contributed by atoms with Crippen LogP contribution in [0.5, 0.6) is 0 Å². The Labute approximate surface area is 499 Å². The van der Waals surface area contributed by atoms with Gasteiger partial charge in [0.1, 0.15) is 13.2 Å². The van der Waals surface area contributed by atoms with Crippen molar-refractivity contribution in [2.24, 2.45) is 0 Å². The van der Waals surface area contributed by atoms with E-state index in [-0.39, 0.29) is 37.5 Å². The molecule has 0 fully saturated rings. The molecule has 456 valence electrons. The number of unbranched alkanes of at least 4 members (excludes halogenated alkanes) is 21. The van der Waals surface area contributed by atoms with Gasteiger partial charge in [-0.15, -0.1) is 0 Å². The van der Waals surface area contributed by atoms with Crippen molar-refractivity contribution in [1.82, 2.24) is 0 Å². The van der Waals surface area contributed by atoms with Crippen molar-refractivity contribution in [3.63, 3.8) is 0 Å². The molecule has 0 aliphatic heterocycles.